The fourth-order valence-electron chi connectivity index (χ4n) is 2.77. The number of hydrogen-bond acceptors (Lipinski definition) is 0. The summed E-state index contributed by atoms with van der Waals surface area (Å²) in [5.41, 5.74) is -1.36. The maximum atomic E-state index is 13.0. The number of rotatable bonds is 3. The van der Waals surface area contributed by atoms with Gasteiger partial charge in [-0.05, 0) is 18.8 Å². The summed E-state index contributed by atoms with van der Waals surface area (Å²) in [6.07, 6.45) is -0.285. The van der Waals surface area contributed by atoms with Crippen molar-refractivity contribution in [3.05, 3.63) is 0 Å². The van der Waals surface area contributed by atoms with E-state index in [-0.39, 0.29) is 5.92 Å². The van der Waals surface area contributed by atoms with Crippen molar-refractivity contribution in [1.82, 2.24) is 0 Å². The van der Waals surface area contributed by atoms with Crippen molar-refractivity contribution in [2.45, 2.75) is 58.5 Å². The maximum absolute atomic E-state index is 13.0. The summed E-state index contributed by atoms with van der Waals surface area (Å²) in [6, 6.07) is 0. The van der Waals surface area contributed by atoms with Crippen molar-refractivity contribution in [1.29, 1.82) is 0 Å². The zero-order chi connectivity index (χ0) is 10.8. The summed E-state index contributed by atoms with van der Waals surface area (Å²) >= 11 is 0. The van der Waals surface area contributed by atoms with Gasteiger partial charge in [0.15, 0.2) is 0 Å². The van der Waals surface area contributed by atoms with E-state index in [0.29, 0.717) is 19.3 Å². The highest BCUT2D eigenvalue weighted by Crippen LogP contribution is 2.56. The van der Waals surface area contributed by atoms with Crippen LogP contribution in [0.4, 0.5) is 13.2 Å². The van der Waals surface area contributed by atoms with Crippen molar-refractivity contribution >= 4 is 0 Å². The molecule has 14 heavy (non-hydrogen) atoms. The van der Waals surface area contributed by atoms with Crippen molar-refractivity contribution in [3.8, 4) is 0 Å². The highest BCUT2D eigenvalue weighted by molar-refractivity contribution is 4.94. The molecular weight excluding hydrogens is 189 g/mol. The first-order valence-corrected chi connectivity index (χ1v) is 5.51. The molecule has 0 amide bonds. The van der Waals surface area contributed by atoms with E-state index >= 15 is 0 Å². The highest BCUT2D eigenvalue weighted by atomic mass is 19.4. The first-order valence-electron chi connectivity index (χ1n) is 5.51. The molecule has 0 aliphatic heterocycles. The lowest BCUT2D eigenvalue weighted by molar-refractivity contribution is -0.240. The molecule has 1 fully saturated rings. The van der Waals surface area contributed by atoms with Gasteiger partial charge in [-0.25, -0.2) is 0 Å². The Hall–Kier alpha value is -0.210. The second-order valence-corrected chi connectivity index (χ2v) is 4.55. The van der Waals surface area contributed by atoms with E-state index in [1.807, 2.05) is 6.92 Å². The predicted molar refractivity (Wildman–Crippen MR) is 51.0 cm³/mol. The van der Waals surface area contributed by atoms with Crippen LogP contribution in [-0.2, 0) is 0 Å². The second kappa shape index (κ2) is 4.11. The van der Waals surface area contributed by atoms with E-state index in [4.69, 9.17) is 0 Å². The quantitative estimate of drug-likeness (QED) is 0.638. The van der Waals surface area contributed by atoms with Crippen LogP contribution in [-0.4, -0.2) is 6.18 Å². The Kier molecular flexibility index (Phi) is 3.49. The summed E-state index contributed by atoms with van der Waals surface area (Å²) in [6.45, 7) is 3.72. The molecule has 0 spiro atoms. The van der Waals surface area contributed by atoms with Gasteiger partial charge in [0.2, 0.25) is 0 Å². The van der Waals surface area contributed by atoms with Gasteiger partial charge in [-0.1, -0.05) is 39.5 Å². The Balaban J connectivity index is 2.81. The van der Waals surface area contributed by atoms with Gasteiger partial charge in [0.25, 0.3) is 0 Å². The number of halogens is 3. The fourth-order valence-corrected chi connectivity index (χ4v) is 2.77. The SMILES string of the molecule is CCCC(C)C1(C(F)(F)F)CCCC1. The van der Waals surface area contributed by atoms with Crippen LogP contribution in [0.2, 0.25) is 0 Å². The molecule has 3 heteroatoms. The number of alkyl halides is 3. The van der Waals surface area contributed by atoms with Crippen LogP contribution in [0, 0.1) is 11.3 Å². The van der Waals surface area contributed by atoms with Crippen LogP contribution in [0.5, 0.6) is 0 Å². The molecule has 0 nitrogen and oxygen atoms in total. The molecule has 1 unspecified atom stereocenters. The first kappa shape index (κ1) is 11.9. The molecule has 0 radical (unpaired) electrons. The molecule has 0 saturated heterocycles. The Morgan fingerprint density at radius 2 is 1.71 bits per heavy atom. The first-order chi connectivity index (χ1) is 6.44. The fraction of sp³-hybridized carbons (Fsp3) is 1.00. The molecule has 0 heterocycles. The molecule has 1 aliphatic rings. The molecule has 0 aromatic rings. The van der Waals surface area contributed by atoms with Crippen LogP contribution >= 0.6 is 0 Å². The average molecular weight is 208 g/mol. The third kappa shape index (κ3) is 1.91. The van der Waals surface area contributed by atoms with Crippen LogP contribution in [0.3, 0.4) is 0 Å². The summed E-state index contributed by atoms with van der Waals surface area (Å²) < 4.78 is 39.0. The van der Waals surface area contributed by atoms with E-state index in [9.17, 15) is 13.2 Å². The molecule has 1 aliphatic carbocycles. The van der Waals surface area contributed by atoms with E-state index in [1.54, 1.807) is 6.92 Å². The van der Waals surface area contributed by atoms with Crippen LogP contribution in [0.1, 0.15) is 52.4 Å². The molecule has 0 bridgehead atoms. The second-order valence-electron chi connectivity index (χ2n) is 4.55. The maximum Gasteiger partial charge on any atom is 0.394 e. The minimum atomic E-state index is -4.00. The largest absolute Gasteiger partial charge is 0.394 e. The third-order valence-electron chi connectivity index (χ3n) is 3.73. The standard InChI is InChI=1S/C11H19F3/c1-3-6-9(2)10(11(12,13)14)7-4-5-8-10/h9H,3-8H2,1-2H3. The summed E-state index contributed by atoms with van der Waals surface area (Å²) in [4.78, 5) is 0. The third-order valence-corrected chi connectivity index (χ3v) is 3.73. The minimum absolute atomic E-state index is 0.213. The van der Waals surface area contributed by atoms with Gasteiger partial charge < -0.3 is 0 Å². The van der Waals surface area contributed by atoms with Gasteiger partial charge in [0.05, 0.1) is 5.41 Å². The Morgan fingerprint density at radius 1 is 1.21 bits per heavy atom. The lowest BCUT2D eigenvalue weighted by Crippen LogP contribution is -2.41. The Morgan fingerprint density at radius 3 is 2.07 bits per heavy atom. The van der Waals surface area contributed by atoms with Gasteiger partial charge in [-0.15, -0.1) is 0 Å². The molecule has 84 valence electrons. The molecule has 0 aromatic heterocycles. The topological polar surface area (TPSA) is 0 Å². The molecule has 0 aromatic carbocycles. The van der Waals surface area contributed by atoms with E-state index in [0.717, 1.165) is 19.3 Å². The van der Waals surface area contributed by atoms with Crippen molar-refractivity contribution in [3.63, 3.8) is 0 Å². The van der Waals surface area contributed by atoms with Crippen molar-refractivity contribution < 1.29 is 13.2 Å². The van der Waals surface area contributed by atoms with Crippen LogP contribution < -0.4 is 0 Å². The van der Waals surface area contributed by atoms with Gasteiger partial charge in [-0.3, -0.25) is 0 Å². The molecule has 1 saturated carbocycles. The average Bonchev–Trinajstić information content (AvgIpc) is 2.51. The Bertz CT molecular complexity index is 177. The van der Waals surface area contributed by atoms with Gasteiger partial charge in [0.1, 0.15) is 0 Å². The monoisotopic (exact) mass is 208 g/mol. The Labute approximate surface area is 83.9 Å². The predicted octanol–water partition coefficient (Wildman–Crippen LogP) is 4.55. The molecule has 1 rings (SSSR count). The summed E-state index contributed by atoms with van der Waals surface area (Å²) in [7, 11) is 0. The summed E-state index contributed by atoms with van der Waals surface area (Å²) in [5.74, 6) is -0.213. The summed E-state index contributed by atoms with van der Waals surface area (Å²) in [5, 5.41) is 0. The van der Waals surface area contributed by atoms with Gasteiger partial charge >= 0.3 is 6.18 Å². The van der Waals surface area contributed by atoms with E-state index in [2.05, 4.69) is 0 Å². The van der Waals surface area contributed by atoms with Crippen molar-refractivity contribution in [2.24, 2.45) is 11.3 Å². The highest BCUT2D eigenvalue weighted by Gasteiger charge is 2.58. The van der Waals surface area contributed by atoms with Crippen molar-refractivity contribution in [2.75, 3.05) is 0 Å². The van der Waals surface area contributed by atoms with E-state index < -0.39 is 11.6 Å². The minimum Gasteiger partial charge on any atom is -0.170 e. The smallest absolute Gasteiger partial charge is 0.170 e. The van der Waals surface area contributed by atoms with Gasteiger partial charge in [0, 0.05) is 0 Å². The van der Waals surface area contributed by atoms with E-state index in [1.165, 1.54) is 0 Å². The van der Waals surface area contributed by atoms with Crippen LogP contribution in [0.15, 0.2) is 0 Å². The zero-order valence-corrected chi connectivity index (χ0v) is 8.95. The molecular formula is C11H19F3. The lowest BCUT2D eigenvalue weighted by atomic mass is 9.72. The zero-order valence-electron chi connectivity index (χ0n) is 8.95. The lowest BCUT2D eigenvalue weighted by Gasteiger charge is -2.37. The molecule has 0 N–H and O–H groups in total. The normalized spacial score (nSPS) is 23.8. The number of hydrogen-bond donors (Lipinski definition) is 0. The van der Waals surface area contributed by atoms with Gasteiger partial charge in [-0.2, -0.15) is 13.2 Å². The molecule has 1 atom stereocenters. The van der Waals surface area contributed by atoms with Crippen LogP contribution in [0.25, 0.3) is 0 Å².